The SMILES string of the molecule is C=CCN(CC(F)(F)F)C(=O)Cc1nn(C)c(=O)c2ccccc12. The van der Waals surface area contributed by atoms with Crippen LogP contribution in [0.2, 0.25) is 0 Å². The van der Waals surface area contributed by atoms with Crippen molar-refractivity contribution in [3.05, 3.63) is 53.0 Å². The summed E-state index contributed by atoms with van der Waals surface area (Å²) in [4.78, 5) is 25.0. The molecule has 1 heterocycles. The predicted octanol–water partition coefficient (Wildman–Crippen LogP) is 2.05. The Morgan fingerprint density at radius 1 is 1.33 bits per heavy atom. The molecule has 0 aliphatic rings. The molecule has 1 aromatic carbocycles. The zero-order chi connectivity index (χ0) is 17.9. The Morgan fingerprint density at radius 2 is 1.96 bits per heavy atom. The first-order valence-electron chi connectivity index (χ1n) is 7.13. The van der Waals surface area contributed by atoms with Gasteiger partial charge in [0.1, 0.15) is 6.54 Å². The van der Waals surface area contributed by atoms with Crippen LogP contribution in [0, 0.1) is 0 Å². The highest BCUT2D eigenvalue weighted by Gasteiger charge is 2.32. The highest BCUT2D eigenvalue weighted by Crippen LogP contribution is 2.18. The summed E-state index contributed by atoms with van der Waals surface area (Å²) in [5.41, 5.74) is -0.0750. The summed E-state index contributed by atoms with van der Waals surface area (Å²) >= 11 is 0. The van der Waals surface area contributed by atoms with Gasteiger partial charge in [0.05, 0.1) is 17.5 Å². The number of nitrogens with zero attached hydrogens (tertiary/aromatic N) is 3. The number of alkyl halides is 3. The number of amides is 1. The number of carbonyl (C=O) groups is 1. The second-order valence-electron chi connectivity index (χ2n) is 5.28. The van der Waals surface area contributed by atoms with Crippen molar-refractivity contribution in [3.8, 4) is 0 Å². The van der Waals surface area contributed by atoms with E-state index in [1.54, 1.807) is 24.3 Å². The van der Waals surface area contributed by atoms with Gasteiger partial charge in [0.25, 0.3) is 5.56 Å². The molecule has 0 saturated heterocycles. The molecular formula is C16H16F3N3O2. The summed E-state index contributed by atoms with van der Waals surface area (Å²) in [7, 11) is 1.43. The van der Waals surface area contributed by atoms with E-state index in [2.05, 4.69) is 11.7 Å². The van der Waals surface area contributed by atoms with Gasteiger partial charge in [-0.05, 0) is 6.07 Å². The Balaban J connectivity index is 2.37. The van der Waals surface area contributed by atoms with E-state index in [0.717, 1.165) is 4.68 Å². The number of hydrogen-bond donors (Lipinski definition) is 0. The first-order chi connectivity index (χ1) is 11.2. The molecule has 5 nitrogen and oxygen atoms in total. The normalized spacial score (nSPS) is 11.5. The third kappa shape index (κ3) is 4.01. The molecule has 0 fully saturated rings. The zero-order valence-electron chi connectivity index (χ0n) is 13.0. The molecule has 0 unspecified atom stereocenters. The van der Waals surface area contributed by atoms with Gasteiger partial charge in [0, 0.05) is 19.0 Å². The van der Waals surface area contributed by atoms with Gasteiger partial charge in [-0.2, -0.15) is 18.3 Å². The van der Waals surface area contributed by atoms with Crippen molar-refractivity contribution in [1.82, 2.24) is 14.7 Å². The van der Waals surface area contributed by atoms with Crippen LogP contribution in [0.5, 0.6) is 0 Å². The van der Waals surface area contributed by atoms with Crippen LogP contribution < -0.4 is 5.56 Å². The fraction of sp³-hybridized carbons (Fsp3) is 0.312. The van der Waals surface area contributed by atoms with Gasteiger partial charge in [-0.1, -0.05) is 24.3 Å². The molecular weight excluding hydrogens is 323 g/mol. The van der Waals surface area contributed by atoms with E-state index in [0.29, 0.717) is 15.7 Å². The lowest BCUT2D eigenvalue weighted by atomic mass is 10.1. The molecule has 0 N–H and O–H groups in total. The maximum atomic E-state index is 12.6. The average Bonchev–Trinajstić information content (AvgIpc) is 2.50. The monoisotopic (exact) mass is 339 g/mol. The number of halogens is 3. The van der Waals surface area contributed by atoms with E-state index in [9.17, 15) is 22.8 Å². The largest absolute Gasteiger partial charge is 0.406 e. The molecule has 0 aliphatic carbocycles. The van der Waals surface area contributed by atoms with Gasteiger partial charge in [-0.3, -0.25) is 9.59 Å². The van der Waals surface area contributed by atoms with E-state index >= 15 is 0 Å². The summed E-state index contributed by atoms with van der Waals surface area (Å²) in [6, 6.07) is 6.55. The molecule has 8 heteroatoms. The van der Waals surface area contributed by atoms with E-state index in [4.69, 9.17) is 0 Å². The van der Waals surface area contributed by atoms with Gasteiger partial charge in [0.2, 0.25) is 5.91 Å². The van der Waals surface area contributed by atoms with Crippen molar-refractivity contribution in [3.63, 3.8) is 0 Å². The molecule has 2 aromatic rings. The van der Waals surface area contributed by atoms with Crippen molar-refractivity contribution in [1.29, 1.82) is 0 Å². The van der Waals surface area contributed by atoms with Gasteiger partial charge in [-0.15, -0.1) is 6.58 Å². The molecule has 128 valence electrons. The summed E-state index contributed by atoms with van der Waals surface area (Å²) in [6.07, 6.45) is -3.60. The fourth-order valence-corrected chi connectivity index (χ4v) is 2.39. The van der Waals surface area contributed by atoms with Crippen molar-refractivity contribution >= 4 is 16.7 Å². The zero-order valence-corrected chi connectivity index (χ0v) is 13.0. The number of aromatic nitrogens is 2. The maximum absolute atomic E-state index is 12.6. The molecule has 24 heavy (non-hydrogen) atoms. The number of carbonyl (C=O) groups excluding carboxylic acids is 1. The molecule has 0 atom stereocenters. The van der Waals surface area contributed by atoms with Gasteiger partial charge >= 0.3 is 6.18 Å². The Kier molecular flexibility index (Phi) is 5.06. The number of fused-ring (bicyclic) bond motifs is 1. The van der Waals surface area contributed by atoms with Crippen molar-refractivity contribution in [2.24, 2.45) is 7.05 Å². The Morgan fingerprint density at radius 3 is 2.54 bits per heavy atom. The minimum atomic E-state index is -4.50. The van der Waals surface area contributed by atoms with Gasteiger partial charge in [0.15, 0.2) is 0 Å². The van der Waals surface area contributed by atoms with Crippen LogP contribution in [-0.4, -0.2) is 39.9 Å². The maximum Gasteiger partial charge on any atom is 0.406 e. The molecule has 2 rings (SSSR count). The van der Waals surface area contributed by atoms with Crippen LogP contribution >= 0.6 is 0 Å². The van der Waals surface area contributed by atoms with Gasteiger partial charge < -0.3 is 4.90 Å². The summed E-state index contributed by atoms with van der Waals surface area (Å²) in [5.74, 6) is -0.733. The molecule has 1 amide bonds. The topological polar surface area (TPSA) is 55.2 Å². The van der Waals surface area contributed by atoms with Crippen LogP contribution in [-0.2, 0) is 18.3 Å². The van der Waals surface area contributed by atoms with Crippen molar-refractivity contribution < 1.29 is 18.0 Å². The Hall–Kier alpha value is -2.64. The lowest BCUT2D eigenvalue weighted by Crippen LogP contribution is -2.40. The second-order valence-corrected chi connectivity index (χ2v) is 5.28. The fourth-order valence-electron chi connectivity index (χ4n) is 2.39. The summed E-state index contributed by atoms with van der Waals surface area (Å²) < 4.78 is 38.9. The molecule has 1 aromatic heterocycles. The van der Waals surface area contributed by atoms with E-state index in [1.165, 1.54) is 13.1 Å². The Labute approximate surface area is 136 Å². The minimum Gasteiger partial charge on any atom is -0.330 e. The molecule has 0 bridgehead atoms. The van der Waals surface area contributed by atoms with Crippen LogP contribution in [0.4, 0.5) is 13.2 Å². The third-order valence-electron chi connectivity index (χ3n) is 3.42. The first kappa shape index (κ1) is 17.7. The van der Waals surface area contributed by atoms with Crippen LogP contribution in [0.15, 0.2) is 41.7 Å². The van der Waals surface area contributed by atoms with Gasteiger partial charge in [-0.25, -0.2) is 4.68 Å². The lowest BCUT2D eigenvalue weighted by Gasteiger charge is -2.22. The number of hydrogen-bond acceptors (Lipinski definition) is 3. The van der Waals surface area contributed by atoms with Crippen LogP contribution in [0.25, 0.3) is 10.8 Å². The third-order valence-corrected chi connectivity index (χ3v) is 3.42. The number of aryl methyl sites for hydroxylation is 1. The van der Waals surface area contributed by atoms with E-state index in [-0.39, 0.29) is 24.2 Å². The summed E-state index contributed by atoms with van der Waals surface area (Å²) in [6.45, 7) is 1.79. The lowest BCUT2D eigenvalue weighted by molar-refractivity contribution is -0.159. The Bertz CT molecular complexity index is 827. The number of benzene rings is 1. The highest BCUT2D eigenvalue weighted by molar-refractivity contribution is 5.88. The number of rotatable bonds is 5. The first-order valence-corrected chi connectivity index (χ1v) is 7.13. The van der Waals surface area contributed by atoms with Crippen LogP contribution in [0.1, 0.15) is 5.69 Å². The molecule has 0 radical (unpaired) electrons. The van der Waals surface area contributed by atoms with E-state index in [1.807, 2.05) is 0 Å². The smallest absolute Gasteiger partial charge is 0.330 e. The molecule has 0 aliphatic heterocycles. The minimum absolute atomic E-state index is 0.220. The quantitative estimate of drug-likeness (QED) is 0.784. The predicted molar refractivity (Wildman–Crippen MR) is 83.5 cm³/mol. The second kappa shape index (κ2) is 6.86. The van der Waals surface area contributed by atoms with Crippen molar-refractivity contribution in [2.45, 2.75) is 12.6 Å². The molecule has 0 saturated carbocycles. The van der Waals surface area contributed by atoms with E-state index < -0.39 is 18.6 Å². The standard InChI is InChI=1S/C16H16F3N3O2/c1-3-8-22(10-16(17,18)19)14(23)9-13-11-6-4-5-7-12(11)15(24)21(2)20-13/h3-7H,1,8-10H2,2H3. The average molecular weight is 339 g/mol. The molecule has 0 spiro atoms. The highest BCUT2D eigenvalue weighted by atomic mass is 19.4. The van der Waals surface area contributed by atoms with Crippen molar-refractivity contribution in [2.75, 3.05) is 13.1 Å². The summed E-state index contributed by atoms with van der Waals surface area (Å²) in [5, 5.41) is 4.85. The van der Waals surface area contributed by atoms with Crippen LogP contribution in [0.3, 0.4) is 0 Å².